The Morgan fingerprint density at radius 3 is 1.63 bits per heavy atom. The van der Waals surface area contributed by atoms with E-state index in [1.54, 1.807) is 0 Å². The van der Waals surface area contributed by atoms with E-state index in [0.29, 0.717) is 17.5 Å². The Balaban J connectivity index is 1.26. The molecule has 0 amide bonds. The van der Waals surface area contributed by atoms with Crippen LogP contribution in [0.3, 0.4) is 0 Å². The van der Waals surface area contributed by atoms with Crippen molar-refractivity contribution in [2.45, 2.75) is 0 Å². The predicted octanol–water partition coefficient (Wildman–Crippen LogP) is 10.5. The largest absolute Gasteiger partial charge is 0.456 e. The highest BCUT2D eigenvalue weighted by atomic mass is 16.3. The number of aromatic nitrogens is 4. The lowest BCUT2D eigenvalue weighted by molar-refractivity contribution is 0.669. The van der Waals surface area contributed by atoms with E-state index in [9.17, 15) is 0 Å². The van der Waals surface area contributed by atoms with Crippen LogP contribution in [0.2, 0.25) is 0 Å². The molecule has 10 rings (SSSR count). The fraction of sp³-hybridized carbons (Fsp3) is 0. The Bertz CT molecular complexity index is 2690. The molecule has 0 bridgehead atoms. The third kappa shape index (κ3) is 3.60. The standard InChI is InChI=1S/C41H24N4O/c1-3-12-25(13-4-1)39-42-40(26-14-5-2-6-15-26)44-41(43-39)27-16-9-17-28(24-27)45-32-21-8-7-18-29(32)35-30-19-10-22-33-36(30)37-31(38(35)45)20-11-23-34(37)46-33/h1-24H. The lowest BCUT2D eigenvalue weighted by Crippen LogP contribution is -2.01. The lowest BCUT2D eigenvalue weighted by atomic mass is 9.97. The van der Waals surface area contributed by atoms with Crippen LogP contribution < -0.4 is 0 Å². The molecule has 214 valence electrons. The maximum atomic E-state index is 6.35. The van der Waals surface area contributed by atoms with Gasteiger partial charge in [0.05, 0.1) is 11.0 Å². The molecule has 0 spiro atoms. The molecule has 5 heteroatoms. The van der Waals surface area contributed by atoms with Gasteiger partial charge in [0.25, 0.3) is 0 Å². The summed E-state index contributed by atoms with van der Waals surface area (Å²) in [5.74, 6) is 1.92. The van der Waals surface area contributed by atoms with Gasteiger partial charge in [0.1, 0.15) is 11.2 Å². The van der Waals surface area contributed by atoms with Gasteiger partial charge in [-0.05, 0) is 35.7 Å². The molecule has 0 aliphatic heterocycles. The topological polar surface area (TPSA) is 56.7 Å². The summed E-state index contributed by atoms with van der Waals surface area (Å²) in [5.41, 5.74) is 7.98. The van der Waals surface area contributed by atoms with Crippen molar-refractivity contribution in [1.29, 1.82) is 0 Å². The number of rotatable bonds is 4. The van der Waals surface area contributed by atoms with Crippen LogP contribution >= 0.6 is 0 Å². The Kier molecular flexibility index (Phi) is 5.22. The number of nitrogens with zero attached hydrogens (tertiary/aromatic N) is 4. The molecule has 0 fully saturated rings. The smallest absolute Gasteiger partial charge is 0.164 e. The Morgan fingerprint density at radius 2 is 0.935 bits per heavy atom. The average molecular weight is 589 g/mol. The Labute approximate surface area is 263 Å². The number of benzene rings is 7. The summed E-state index contributed by atoms with van der Waals surface area (Å²) in [6.07, 6.45) is 0. The summed E-state index contributed by atoms with van der Waals surface area (Å²) in [6.45, 7) is 0. The second-order valence-corrected chi connectivity index (χ2v) is 11.6. The molecule has 0 aliphatic rings. The highest BCUT2D eigenvalue weighted by molar-refractivity contribution is 6.37. The zero-order chi connectivity index (χ0) is 30.2. The molecular formula is C41H24N4O. The second kappa shape index (κ2) is 9.58. The molecule has 46 heavy (non-hydrogen) atoms. The average Bonchev–Trinajstić information content (AvgIpc) is 3.69. The third-order valence-electron chi connectivity index (χ3n) is 8.98. The van der Waals surface area contributed by atoms with Crippen molar-refractivity contribution < 1.29 is 4.42 Å². The van der Waals surface area contributed by atoms with Crippen molar-refractivity contribution in [3.8, 4) is 39.9 Å². The van der Waals surface area contributed by atoms with Gasteiger partial charge in [0.15, 0.2) is 17.5 Å². The van der Waals surface area contributed by atoms with Crippen LogP contribution in [0.15, 0.2) is 150 Å². The summed E-state index contributed by atoms with van der Waals surface area (Å²) in [7, 11) is 0. The van der Waals surface area contributed by atoms with Crippen LogP contribution in [-0.2, 0) is 0 Å². The Hall–Kier alpha value is -6.33. The van der Waals surface area contributed by atoms with E-state index in [2.05, 4.69) is 89.5 Å². The van der Waals surface area contributed by atoms with Crippen molar-refractivity contribution in [3.05, 3.63) is 146 Å². The fourth-order valence-electron chi connectivity index (χ4n) is 7.03. The molecule has 10 aromatic rings. The minimum Gasteiger partial charge on any atom is -0.456 e. The van der Waals surface area contributed by atoms with Crippen molar-refractivity contribution in [3.63, 3.8) is 0 Å². The number of furan rings is 1. The van der Waals surface area contributed by atoms with Crippen LogP contribution in [0.25, 0.3) is 94.4 Å². The minimum absolute atomic E-state index is 0.629. The van der Waals surface area contributed by atoms with Crippen molar-refractivity contribution >= 4 is 54.5 Å². The lowest BCUT2D eigenvalue weighted by Gasteiger charge is -2.13. The molecule has 3 aromatic heterocycles. The van der Waals surface area contributed by atoms with Gasteiger partial charge in [-0.15, -0.1) is 0 Å². The van der Waals surface area contributed by atoms with Gasteiger partial charge < -0.3 is 8.98 Å². The summed E-state index contributed by atoms with van der Waals surface area (Å²) in [4.78, 5) is 14.9. The number of para-hydroxylation sites is 1. The predicted molar refractivity (Wildman–Crippen MR) is 186 cm³/mol. The van der Waals surface area contributed by atoms with Crippen molar-refractivity contribution in [2.75, 3.05) is 0 Å². The normalized spacial score (nSPS) is 11.9. The van der Waals surface area contributed by atoms with E-state index in [1.165, 1.54) is 32.3 Å². The van der Waals surface area contributed by atoms with Gasteiger partial charge in [0.2, 0.25) is 0 Å². The number of hydrogen-bond acceptors (Lipinski definition) is 4. The van der Waals surface area contributed by atoms with Gasteiger partial charge in [-0.25, -0.2) is 15.0 Å². The first-order valence-corrected chi connectivity index (χ1v) is 15.4. The Morgan fingerprint density at radius 1 is 0.413 bits per heavy atom. The van der Waals surface area contributed by atoms with E-state index in [4.69, 9.17) is 19.4 Å². The number of hydrogen-bond donors (Lipinski definition) is 0. The van der Waals surface area contributed by atoms with E-state index < -0.39 is 0 Å². The monoisotopic (exact) mass is 588 g/mol. The molecule has 0 atom stereocenters. The molecule has 0 aliphatic carbocycles. The van der Waals surface area contributed by atoms with E-state index >= 15 is 0 Å². The quantitative estimate of drug-likeness (QED) is 0.192. The van der Waals surface area contributed by atoms with Gasteiger partial charge >= 0.3 is 0 Å². The molecule has 7 aromatic carbocycles. The molecule has 0 N–H and O–H groups in total. The van der Waals surface area contributed by atoms with Gasteiger partial charge in [-0.1, -0.05) is 115 Å². The molecular weight excluding hydrogens is 564 g/mol. The molecule has 0 saturated carbocycles. The van der Waals surface area contributed by atoms with Gasteiger partial charge in [-0.2, -0.15) is 0 Å². The van der Waals surface area contributed by atoms with Crippen LogP contribution in [0, 0.1) is 0 Å². The van der Waals surface area contributed by atoms with E-state index in [1.807, 2.05) is 60.7 Å². The second-order valence-electron chi connectivity index (χ2n) is 11.6. The molecule has 0 saturated heterocycles. The first kappa shape index (κ1) is 25.0. The minimum atomic E-state index is 0.629. The maximum Gasteiger partial charge on any atom is 0.164 e. The van der Waals surface area contributed by atoms with Crippen molar-refractivity contribution in [2.24, 2.45) is 0 Å². The van der Waals surface area contributed by atoms with Crippen LogP contribution in [0.4, 0.5) is 0 Å². The zero-order valence-electron chi connectivity index (χ0n) is 24.6. The van der Waals surface area contributed by atoms with Gasteiger partial charge in [-0.3, -0.25) is 0 Å². The van der Waals surface area contributed by atoms with E-state index in [-0.39, 0.29) is 0 Å². The summed E-state index contributed by atoms with van der Waals surface area (Å²) >= 11 is 0. The summed E-state index contributed by atoms with van der Waals surface area (Å²) < 4.78 is 8.74. The summed E-state index contributed by atoms with van der Waals surface area (Å²) in [6, 6.07) is 50.1. The SMILES string of the molecule is c1ccc(-c2nc(-c3ccccc3)nc(-c3cccc(-n4c5ccccc5c5c6cccc7oc8cccc(c8c76)c54)c3)n2)cc1. The molecule has 0 unspecified atom stereocenters. The highest BCUT2D eigenvalue weighted by Gasteiger charge is 2.23. The fourth-order valence-corrected chi connectivity index (χ4v) is 7.03. The van der Waals surface area contributed by atoms with Gasteiger partial charge in [0, 0.05) is 49.3 Å². The molecule has 3 heterocycles. The third-order valence-corrected chi connectivity index (χ3v) is 8.98. The van der Waals surface area contributed by atoms with Crippen molar-refractivity contribution in [1.82, 2.24) is 19.5 Å². The van der Waals surface area contributed by atoms with Crippen LogP contribution in [0.1, 0.15) is 0 Å². The molecule has 5 nitrogen and oxygen atoms in total. The molecule has 0 radical (unpaired) electrons. The van der Waals surface area contributed by atoms with Crippen LogP contribution in [0.5, 0.6) is 0 Å². The first-order valence-electron chi connectivity index (χ1n) is 15.4. The first-order chi connectivity index (χ1) is 22.8. The number of fused-ring (bicyclic) bond motifs is 5. The summed E-state index contributed by atoms with van der Waals surface area (Å²) in [5, 5.41) is 7.16. The van der Waals surface area contributed by atoms with E-state index in [0.717, 1.165) is 44.6 Å². The zero-order valence-corrected chi connectivity index (χ0v) is 24.6. The van der Waals surface area contributed by atoms with Crippen LogP contribution in [-0.4, -0.2) is 19.5 Å². The highest BCUT2D eigenvalue weighted by Crippen LogP contribution is 2.46. The maximum absolute atomic E-state index is 6.35.